The third-order valence-corrected chi connectivity index (χ3v) is 5.08. The zero-order valence-electron chi connectivity index (χ0n) is 13.0. The van der Waals surface area contributed by atoms with Crippen molar-refractivity contribution in [1.29, 1.82) is 0 Å². The summed E-state index contributed by atoms with van der Waals surface area (Å²) in [5.74, 6) is -0.0582. The van der Waals surface area contributed by atoms with E-state index < -0.39 is 11.4 Å². The molecule has 0 radical (unpaired) electrons. The van der Waals surface area contributed by atoms with E-state index in [1.54, 1.807) is 0 Å². The average molecular weight is 364 g/mol. The topological polar surface area (TPSA) is 50.9 Å². The van der Waals surface area contributed by atoms with Gasteiger partial charge in [-0.3, -0.25) is 4.68 Å². The van der Waals surface area contributed by atoms with Crippen molar-refractivity contribution in [3.8, 4) is 0 Å². The van der Waals surface area contributed by atoms with Crippen molar-refractivity contribution in [2.45, 2.75) is 37.1 Å². The van der Waals surface area contributed by atoms with Gasteiger partial charge in [0.1, 0.15) is 17.7 Å². The number of benzene rings is 1. The third-order valence-electron chi connectivity index (χ3n) is 4.45. The van der Waals surface area contributed by atoms with Crippen LogP contribution in [0.1, 0.15) is 25.3 Å². The van der Waals surface area contributed by atoms with Crippen molar-refractivity contribution in [3.63, 3.8) is 0 Å². The van der Waals surface area contributed by atoms with Gasteiger partial charge in [0.2, 0.25) is 0 Å². The van der Waals surface area contributed by atoms with Gasteiger partial charge in [-0.25, -0.2) is 9.37 Å². The molecule has 118 valence electrons. The summed E-state index contributed by atoms with van der Waals surface area (Å²) in [4.78, 5) is 3.91. The minimum Gasteiger partial charge on any atom is -0.740 e. The summed E-state index contributed by atoms with van der Waals surface area (Å²) in [6, 6.07) is 4.07. The molecule has 0 amide bonds. The molecule has 2 unspecified atom stereocenters. The predicted molar refractivity (Wildman–Crippen MR) is 82.8 cm³/mol. The quantitative estimate of drug-likeness (QED) is 0.596. The van der Waals surface area contributed by atoms with Crippen LogP contribution >= 0.6 is 11.6 Å². The molecule has 8 heteroatoms. The smallest absolute Gasteiger partial charge is 0.740 e. The normalized spacial score (nSPS) is 18.1. The zero-order chi connectivity index (χ0) is 15.9. The molecule has 1 fully saturated rings. The maximum atomic E-state index is 13.3. The molecule has 1 heterocycles. The van der Waals surface area contributed by atoms with Crippen LogP contribution in [-0.2, 0) is 24.8 Å². The molecular formula is C15H16ClFN3NaOS. The Morgan fingerprint density at radius 2 is 2.22 bits per heavy atom. The van der Waals surface area contributed by atoms with Crippen LogP contribution in [0.15, 0.2) is 29.7 Å². The molecule has 1 N–H and O–H groups in total. The second-order valence-corrected chi connectivity index (χ2v) is 6.65. The van der Waals surface area contributed by atoms with Crippen molar-refractivity contribution >= 4 is 24.2 Å². The molecule has 0 bridgehead atoms. The molecule has 2 atom stereocenters. The Kier molecular flexibility index (Phi) is 6.09. The van der Waals surface area contributed by atoms with Crippen LogP contribution in [0, 0.1) is 17.7 Å². The van der Waals surface area contributed by atoms with Gasteiger partial charge in [0.25, 0.3) is 0 Å². The van der Waals surface area contributed by atoms with Gasteiger partial charge in [0.05, 0.1) is 6.54 Å². The van der Waals surface area contributed by atoms with Crippen LogP contribution in [0.25, 0.3) is 0 Å². The number of nitrogens with zero attached hydrogens (tertiary/aromatic N) is 3. The fourth-order valence-corrected chi connectivity index (χ4v) is 3.38. The second kappa shape index (κ2) is 7.33. The number of halogens is 2. The van der Waals surface area contributed by atoms with Gasteiger partial charge in [-0.1, -0.05) is 24.6 Å². The summed E-state index contributed by atoms with van der Waals surface area (Å²) < 4.78 is 14.8. The monoisotopic (exact) mass is 363 g/mol. The molecule has 2 aromatic rings. The largest absolute Gasteiger partial charge is 1.00 e. The van der Waals surface area contributed by atoms with Crippen LogP contribution in [0.4, 0.5) is 4.39 Å². The molecule has 0 spiro atoms. The minimum absolute atomic E-state index is 0. The van der Waals surface area contributed by atoms with Crippen molar-refractivity contribution in [3.05, 3.63) is 40.9 Å². The van der Waals surface area contributed by atoms with Crippen LogP contribution in [0.3, 0.4) is 0 Å². The Morgan fingerprint density at radius 1 is 1.52 bits per heavy atom. The molecule has 23 heavy (non-hydrogen) atoms. The molecule has 0 saturated heterocycles. The van der Waals surface area contributed by atoms with Crippen molar-refractivity contribution in [1.82, 2.24) is 14.8 Å². The second-order valence-electron chi connectivity index (χ2n) is 5.87. The van der Waals surface area contributed by atoms with E-state index in [1.807, 2.05) is 6.92 Å². The molecule has 4 nitrogen and oxygen atoms in total. The summed E-state index contributed by atoms with van der Waals surface area (Å²) in [5, 5.41) is 16.0. The molecule has 1 aliphatic carbocycles. The summed E-state index contributed by atoms with van der Waals surface area (Å²) in [7, 11) is 0. The molecular weight excluding hydrogens is 348 g/mol. The van der Waals surface area contributed by atoms with E-state index >= 15 is 0 Å². The van der Waals surface area contributed by atoms with E-state index in [1.165, 1.54) is 29.2 Å². The van der Waals surface area contributed by atoms with E-state index in [2.05, 4.69) is 10.1 Å². The Morgan fingerprint density at radius 3 is 2.74 bits per heavy atom. The summed E-state index contributed by atoms with van der Waals surface area (Å²) in [5.41, 5.74) is -0.771. The van der Waals surface area contributed by atoms with E-state index in [9.17, 15) is 9.50 Å². The number of rotatable bonds is 5. The fourth-order valence-electron chi connectivity index (χ4n) is 2.89. The Balaban J connectivity index is 0.00000192. The number of aliphatic hydroxyl groups is 1. The van der Waals surface area contributed by atoms with E-state index in [0.717, 1.165) is 12.8 Å². The zero-order valence-corrected chi connectivity index (χ0v) is 16.6. The molecule has 1 saturated carbocycles. The standard InChI is InChI=1S/C15H17ClFN3OS.Na/c1-9(10-2-3-10)15(21,7-20-14(22)18-8-19-20)12-5-4-11(17)6-13(12)16;/h4-6,8-10,21H,2-3,7H2,1H3,(H,18,19,22);/q;+1/p-1. The third kappa shape index (κ3) is 3.89. The van der Waals surface area contributed by atoms with Gasteiger partial charge in [-0.2, -0.15) is 5.10 Å². The van der Waals surface area contributed by atoms with Gasteiger partial charge < -0.3 is 17.7 Å². The molecule has 3 rings (SSSR count). The molecule has 1 aromatic heterocycles. The predicted octanol–water partition coefficient (Wildman–Crippen LogP) is -0.0857. The van der Waals surface area contributed by atoms with Crippen molar-refractivity contribution in [2.75, 3.05) is 0 Å². The first-order valence-corrected chi connectivity index (χ1v) is 7.93. The Bertz CT molecular complexity index is 697. The van der Waals surface area contributed by atoms with Crippen molar-refractivity contribution in [2.24, 2.45) is 11.8 Å². The van der Waals surface area contributed by atoms with Gasteiger partial charge in [0, 0.05) is 15.7 Å². The first-order chi connectivity index (χ1) is 10.4. The number of hydrogen-bond donors (Lipinski definition) is 1. The van der Waals surface area contributed by atoms with Crippen LogP contribution in [0.5, 0.6) is 0 Å². The molecule has 0 aliphatic heterocycles. The number of aromatic nitrogens is 3. The summed E-state index contributed by atoms with van der Waals surface area (Å²) in [6.07, 6.45) is 3.50. The van der Waals surface area contributed by atoms with Gasteiger partial charge >= 0.3 is 29.6 Å². The van der Waals surface area contributed by atoms with E-state index in [-0.39, 0.29) is 47.0 Å². The first kappa shape index (κ1) is 19.1. The fraction of sp³-hybridized carbons (Fsp3) is 0.467. The van der Waals surface area contributed by atoms with Crippen LogP contribution in [-0.4, -0.2) is 19.9 Å². The van der Waals surface area contributed by atoms with E-state index in [0.29, 0.717) is 16.6 Å². The Hall–Kier alpha value is -0.240. The average Bonchev–Trinajstić information content (AvgIpc) is 3.23. The first-order valence-electron chi connectivity index (χ1n) is 7.14. The molecule has 1 aliphatic rings. The summed E-state index contributed by atoms with van der Waals surface area (Å²) >= 11 is 11.3. The van der Waals surface area contributed by atoms with Crippen molar-refractivity contribution < 1.29 is 39.1 Å². The van der Waals surface area contributed by atoms with Crippen LogP contribution < -0.4 is 29.6 Å². The van der Waals surface area contributed by atoms with Gasteiger partial charge in [-0.15, -0.1) is 0 Å². The van der Waals surface area contributed by atoms with Crippen LogP contribution in [0.2, 0.25) is 5.02 Å². The minimum atomic E-state index is -1.27. The van der Waals surface area contributed by atoms with Gasteiger partial charge in [0.15, 0.2) is 0 Å². The van der Waals surface area contributed by atoms with Gasteiger partial charge in [-0.05, 0) is 36.8 Å². The van der Waals surface area contributed by atoms with E-state index in [4.69, 9.17) is 24.2 Å². The maximum Gasteiger partial charge on any atom is 1.00 e. The Labute approximate surface area is 167 Å². The number of hydrogen-bond acceptors (Lipinski definition) is 4. The maximum absolute atomic E-state index is 13.3. The SMILES string of the molecule is CC(C1CC1)C(O)(Cn1ncnc1[S-])c1ccc(F)cc1Cl.[Na+]. The summed E-state index contributed by atoms with van der Waals surface area (Å²) in [6.45, 7) is 2.13. The molecule has 1 aromatic carbocycles.